The minimum Gasteiger partial charge on any atom is -0.660 e. The molecule has 0 saturated heterocycles. The molecule has 1 unspecified atom stereocenters. The van der Waals surface area contributed by atoms with Crippen molar-refractivity contribution in [1.29, 1.82) is 0 Å². The molecular weight excluding hydrogens is 396 g/mol. The fraction of sp³-hybridized carbons (Fsp3) is 0.625. The van der Waals surface area contributed by atoms with Crippen LogP contribution in [0.25, 0.3) is 5.32 Å². The summed E-state index contributed by atoms with van der Waals surface area (Å²) >= 11 is 0. The van der Waals surface area contributed by atoms with Crippen LogP contribution in [0, 0.1) is 6.92 Å². The summed E-state index contributed by atoms with van der Waals surface area (Å²) in [6, 6.07) is 9.18. The van der Waals surface area contributed by atoms with Crippen LogP contribution >= 0.6 is 0 Å². The molecule has 0 heterocycles. The molecule has 1 aromatic carbocycles. The van der Waals surface area contributed by atoms with Gasteiger partial charge in [-0.05, 0) is 24.5 Å². The molecule has 1 rings (SSSR count). The second-order valence-corrected chi connectivity index (χ2v) is 4.17. The summed E-state index contributed by atoms with van der Waals surface area (Å²) in [4.78, 5) is 0. The maximum Gasteiger partial charge on any atom is 1.00 e. The molecular formula is C16H28NOs. The van der Waals surface area contributed by atoms with E-state index in [4.69, 9.17) is 0 Å². The first-order valence-electron chi connectivity index (χ1n) is 6.95. The van der Waals surface area contributed by atoms with E-state index >= 15 is 0 Å². The smallest absolute Gasteiger partial charge is 0.660 e. The van der Waals surface area contributed by atoms with Crippen LogP contribution in [0.15, 0.2) is 24.3 Å². The molecule has 1 radical (unpaired) electrons. The Morgan fingerprint density at radius 2 is 1.78 bits per heavy atom. The molecule has 1 aromatic rings. The molecule has 0 N–H and O–H groups in total. The molecule has 0 aliphatic rings. The monoisotopic (exact) mass is 426 g/mol. The first-order chi connectivity index (χ1) is 8.24. The Morgan fingerprint density at radius 1 is 1.17 bits per heavy atom. The van der Waals surface area contributed by atoms with Crippen molar-refractivity contribution in [3.8, 4) is 0 Å². The third kappa shape index (κ3) is 8.84. The van der Waals surface area contributed by atoms with Crippen molar-refractivity contribution in [2.45, 2.75) is 59.9 Å². The summed E-state index contributed by atoms with van der Waals surface area (Å²) in [5.41, 5.74) is 2.90. The van der Waals surface area contributed by atoms with E-state index in [1.165, 1.54) is 30.4 Å². The van der Waals surface area contributed by atoms with E-state index in [-0.39, 0.29) is 19.8 Å². The van der Waals surface area contributed by atoms with Gasteiger partial charge in [-0.2, -0.15) is 6.54 Å². The predicted octanol–water partition coefficient (Wildman–Crippen LogP) is 5.12. The van der Waals surface area contributed by atoms with Gasteiger partial charge in [0.25, 0.3) is 0 Å². The Kier molecular flexibility index (Phi) is 14.8. The molecule has 0 spiro atoms. The van der Waals surface area contributed by atoms with Crippen molar-refractivity contribution < 1.29 is 19.8 Å². The van der Waals surface area contributed by atoms with Crippen molar-refractivity contribution in [3.05, 3.63) is 40.7 Å². The fourth-order valence-corrected chi connectivity index (χ4v) is 1.88. The van der Waals surface area contributed by atoms with Gasteiger partial charge < -0.3 is 5.32 Å². The van der Waals surface area contributed by atoms with Crippen LogP contribution in [0.4, 0.5) is 0 Å². The van der Waals surface area contributed by atoms with Gasteiger partial charge in [0.05, 0.1) is 0 Å². The Hall–Kier alpha value is -0.184. The zero-order valence-corrected chi connectivity index (χ0v) is 15.1. The molecule has 0 bridgehead atoms. The van der Waals surface area contributed by atoms with Crippen LogP contribution in [-0.2, 0) is 26.2 Å². The van der Waals surface area contributed by atoms with Gasteiger partial charge in [0.15, 0.2) is 0 Å². The summed E-state index contributed by atoms with van der Waals surface area (Å²) in [5.74, 6) is 0. The SMILES string of the molecule is CC.CC[N-]C(C)CCCc1ccccc1C.[Os+]. The Balaban J connectivity index is 0. The van der Waals surface area contributed by atoms with Gasteiger partial charge >= 0.3 is 19.8 Å². The van der Waals surface area contributed by atoms with Crippen molar-refractivity contribution in [1.82, 2.24) is 0 Å². The molecule has 0 saturated carbocycles. The number of rotatable bonds is 6. The van der Waals surface area contributed by atoms with Gasteiger partial charge in [-0.25, -0.2) is 0 Å². The zero-order chi connectivity index (χ0) is 13.1. The minimum absolute atomic E-state index is 0. The minimum atomic E-state index is 0. The first kappa shape index (κ1) is 20.1. The summed E-state index contributed by atoms with van der Waals surface area (Å²) in [5, 5.41) is 4.48. The van der Waals surface area contributed by atoms with E-state index in [1.807, 2.05) is 13.8 Å². The average molecular weight is 425 g/mol. The molecule has 1 nitrogen and oxygen atoms in total. The van der Waals surface area contributed by atoms with Crippen molar-refractivity contribution >= 4 is 0 Å². The standard InChI is InChI=1S/C14H22N.C2H6.Os/c1-4-15-13(3)9-7-11-14-10-6-5-8-12(14)2;1-2;/h5-6,8,10,13H,4,7,9,11H2,1-3H3;1-2H3;/q-1;;+1. The van der Waals surface area contributed by atoms with Gasteiger partial charge in [-0.3, -0.25) is 0 Å². The van der Waals surface area contributed by atoms with Gasteiger partial charge in [-0.15, -0.1) is 6.04 Å². The number of hydrogen-bond acceptors (Lipinski definition) is 0. The largest absolute Gasteiger partial charge is 1.00 e. The summed E-state index contributed by atoms with van der Waals surface area (Å²) in [6.07, 6.45) is 3.65. The van der Waals surface area contributed by atoms with Crippen LogP contribution in [0.2, 0.25) is 0 Å². The van der Waals surface area contributed by atoms with Crippen LogP contribution in [0.1, 0.15) is 51.7 Å². The van der Waals surface area contributed by atoms with E-state index in [2.05, 4.69) is 50.4 Å². The summed E-state index contributed by atoms with van der Waals surface area (Å²) in [6.45, 7) is 11.5. The molecule has 1 atom stereocenters. The maximum absolute atomic E-state index is 4.48. The molecule has 105 valence electrons. The maximum atomic E-state index is 4.48. The molecule has 18 heavy (non-hydrogen) atoms. The fourth-order valence-electron chi connectivity index (χ4n) is 1.88. The van der Waals surface area contributed by atoms with Crippen LogP contribution in [0.5, 0.6) is 0 Å². The second kappa shape index (κ2) is 13.3. The van der Waals surface area contributed by atoms with Gasteiger partial charge in [0.2, 0.25) is 0 Å². The van der Waals surface area contributed by atoms with E-state index in [1.54, 1.807) is 0 Å². The first-order valence-corrected chi connectivity index (χ1v) is 6.95. The van der Waals surface area contributed by atoms with Gasteiger partial charge in [-0.1, -0.05) is 64.8 Å². The van der Waals surface area contributed by atoms with Crippen LogP contribution < -0.4 is 0 Å². The third-order valence-corrected chi connectivity index (χ3v) is 2.82. The van der Waals surface area contributed by atoms with Gasteiger partial charge in [0, 0.05) is 0 Å². The van der Waals surface area contributed by atoms with E-state index < -0.39 is 0 Å². The Bertz CT molecular complexity index is 286. The van der Waals surface area contributed by atoms with Crippen LogP contribution in [0.3, 0.4) is 0 Å². The van der Waals surface area contributed by atoms with Crippen LogP contribution in [-0.4, -0.2) is 12.6 Å². The summed E-state index contributed by atoms with van der Waals surface area (Å²) < 4.78 is 0. The average Bonchev–Trinajstić information content (AvgIpc) is 2.34. The van der Waals surface area contributed by atoms with E-state index in [0.29, 0.717) is 6.04 Å². The van der Waals surface area contributed by atoms with Crippen molar-refractivity contribution in [2.24, 2.45) is 0 Å². The quantitative estimate of drug-likeness (QED) is 0.602. The number of aryl methyl sites for hydroxylation is 2. The van der Waals surface area contributed by atoms with Gasteiger partial charge in [0.1, 0.15) is 0 Å². The number of nitrogens with zero attached hydrogens (tertiary/aromatic N) is 1. The second-order valence-electron chi connectivity index (χ2n) is 4.17. The molecule has 0 aliphatic heterocycles. The molecule has 0 aliphatic carbocycles. The topological polar surface area (TPSA) is 14.1 Å². The summed E-state index contributed by atoms with van der Waals surface area (Å²) in [7, 11) is 0. The molecule has 0 amide bonds. The van der Waals surface area contributed by atoms with E-state index in [9.17, 15) is 0 Å². The number of benzene rings is 1. The number of hydrogen-bond donors (Lipinski definition) is 0. The Labute approximate surface area is 127 Å². The zero-order valence-electron chi connectivity index (χ0n) is 12.5. The van der Waals surface area contributed by atoms with E-state index in [0.717, 1.165) is 6.54 Å². The third-order valence-electron chi connectivity index (χ3n) is 2.82. The molecule has 0 aromatic heterocycles. The van der Waals surface area contributed by atoms with Crippen molar-refractivity contribution in [3.63, 3.8) is 0 Å². The molecule has 2 heteroatoms. The predicted molar refractivity (Wildman–Crippen MR) is 78.8 cm³/mol. The van der Waals surface area contributed by atoms with Crippen molar-refractivity contribution in [2.75, 3.05) is 6.54 Å². The Morgan fingerprint density at radius 3 is 2.33 bits per heavy atom. The molecule has 0 fully saturated rings. The normalized spacial score (nSPS) is 10.9.